The lowest BCUT2D eigenvalue weighted by Crippen LogP contribution is -2.24. The van der Waals surface area contributed by atoms with E-state index in [4.69, 9.17) is 0 Å². The predicted molar refractivity (Wildman–Crippen MR) is 63.2 cm³/mol. The average molecular weight is 194 g/mol. The monoisotopic (exact) mass is 194 g/mol. The van der Waals surface area contributed by atoms with E-state index >= 15 is 0 Å². The Hall–Kier alpha value is -0.430. The zero-order valence-electron chi connectivity index (χ0n) is 8.08. The fourth-order valence-electron chi connectivity index (χ4n) is 1.85. The fourth-order valence-corrected chi connectivity index (χ4v) is 2.36. The SMILES string of the molecule is C=C/C=C(\C=C)C(CS)C1CCC1. The van der Waals surface area contributed by atoms with Gasteiger partial charge in [0.15, 0.2) is 0 Å². The van der Waals surface area contributed by atoms with Gasteiger partial charge < -0.3 is 0 Å². The highest BCUT2D eigenvalue weighted by atomic mass is 32.1. The van der Waals surface area contributed by atoms with Crippen LogP contribution in [0.3, 0.4) is 0 Å². The predicted octanol–water partition coefficient (Wildman–Crippen LogP) is 3.63. The highest BCUT2D eigenvalue weighted by Crippen LogP contribution is 2.37. The van der Waals surface area contributed by atoms with Gasteiger partial charge in [0, 0.05) is 0 Å². The van der Waals surface area contributed by atoms with Crippen molar-refractivity contribution < 1.29 is 0 Å². The quantitative estimate of drug-likeness (QED) is 0.501. The minimum Gasteiger partial charge on any atom is -0.179 e. The third-order valence-electron chi connectivity index (χ3n) is 2.89. The van der Waals surface area contributed by atoms with Gasteiger partial charge in [0.1, 0.15) is 0 Å². The molecular formula is C12H18S. The van der Waals surface area contributed by atoms with Crippen LogP contribution in [0.1, 0.15) is 19.3 Å². The van der Waals surface area contributed by atoms with Gasteiger partial charge in [0.2, 0.25) is 0 Å². The first kappa shape index (κ1) is 10.6. The van der Waals surface area contributed by atoms with E-state index in [0.717, 1.165) is 11.7 Å². The van der Waals surface area contributed by atoms with Crippen molar-refractivity contribution in [2.24, 2.45) is 11.8 Å². The number of hydrogen-bond acceptors (Lipinski definition) is 1. The van der Waals surface area contributed by atoms with Gasteiger partial charge in [0.05, 0.1) is 0 Å². The van der Waals surface area contributed by atoms with Crippen LogP contribution in [0.4, 0.5) is 0 Å². The molecule has 0 aromatic carbocycles. The molecule has 1 atom stereocenters. The van der Waals surface area contributed by atoms with Crippen LogP contribution >= 0.6 is 12.6 Å². The van der Waals surface area contributed by atoms with E-state index in [9.17, 15) is 0 Å². The van der Waals surface area contributed by atoms with Crippen LogP contribution < -0.4 is 0 Å². The Morgan fingerprint density at radius 3 is 2.46 bits per heavy atom. The highest BCUT2D eigenvalue weighted by molar-refractivity contribution is 7.80. The molecule has 1 unspecified atom stereocenters. The Labute approximate surface area is 86.8 Å². The van der Waals surface area contributed by atoms with Gasteiger partial charge in [0.25, 0.3) is 0 Å². The molecular weight excluding hydrogens is 176 g/mol. The summed E-state index contributed by atoms with van der Waals surface area (Å²) in [7, 11) is 0. The Morgan fingerprint density at radius 2 is 2.15 bits per heavy atom. The average Bonchev–Trinajstić information content (AvgIpc) is 2.07. The molecule has 0 N–H and O–H groups in total. The van der Waals surface area contributed by atoms with Crippen molar-refractivity contribution in [3.8, 4) is 0 Å². The topological polar surface area (TPSA) is 0 Å². The molecule has 1 rings (SSSR count). The maximum atomic E-state index is 4.41. The molecule has 0 amide bonds. The van der Waals surface area contributed by atoms with Gasteiger partial charge in [-0.3, -0.25) is 0 Å². The summed E-state index contributed by atoms with van der Waals surface area (Å²) in [6.07, 6.45) is 9.94. The molecule has 13 heavy (non-hydrogen) atoms. The molecule has 0 bridgehead atoms. The van der Waals surface area contributed by atoms with Crippen molar-refractivity contribution in [1.82, 2.24) is 0 Å². The lowest BCUT2D eigenvalue weighted by Gasteiger charge is -2.33. The summed E-state index contributed by atoms with van der Waals surface area (Å²) in [5, 5.41) is 0. The molecule has 1 heteroatoms. The maximum Gasteiger partial charge on any atom is -0.00262 e. The minimum absolute atomic E-state index is 0.590. The first-order valence-electron chi connectivity index (χ1n) is 4.89. The molecule has 1 aliphatic carbocycles. The van der Waals surface area contributed by atoms with Crippen molar-refractivity contribution in [3.63, 3.8) is 0 Å². The summed E-state index contributed by atoms with van der Waals surface area (Å²) in [6, 6.07) is 0. The van der Waals surface area contributed by atoms with Crippen molar-refractivity contribution in [3.05, 3.63) is 37.0 Å². The first-order valence-corrected chi connectivity index (χ1v) is 5.52. The minimum atomic E-state index is 0.590. The summed E-state index contributed by atoms with van der Waals surface area (Å²) in [6.45, 7) is 7.56. The van der Waals surface area contributed by atoms with Gasteiger partial charge in [-0.05, 0) is 36.0 Å². The Bertz CT molecular complexity index is 211. The van der Waals surface area contributed by atoms with Crippen molar-refractivity contribution in [1.29, 1.82) is 0 Å². The van der Waals surface area contributed by atoms with Gasteiger partial charge in [-0.25, -0.2) is 0 Å². The van der Waals surface area contributed by atoms with Gasteiger partial charge in [-0.15, -0.1) is 0 Å². The third-order valence-corrected chi connectivity index (χ3v) is 3.28. The van der Waals surface area contributed by atoms with Crippen molar-refractivity contribution in [2.75, 3.05) is 5.75 Å². The molecule has 0 saturated heterocycles. The van der Waals surface area contributed by atoms with E-state index in [-0.39, 0.29) is 0 Å². The lowest BCUT2D eigenvalue weighted by atomic mass is 9.73. The molecule has 0 heterocycles. The Kier molecular flexibility index (Phi) is 4.37. The van der Waals surface area contributed by atoms with Crippen LogP contribution in [-0.4, -0.2) is 5.75 Å². The summed E-state index contributed by atoms with van der Waals surface area (Å²) >= 11 is 4.41. The highest BCUT2D eigenvalue weighted by Gasteiger charge is 2.27. The van der Waals surface area contributed by atoms with E-state index in [0.29, 0.717) is 5.92 Å². The van der Waals surface area contributed by atoms with Gasteiger partial charge in [-0.2, -0.15) is 12.6 Å². The van der Waals surface area contributed by atoms with Gasteiger partial charge >= 0.3 is 0 Å². The third kappa shape index (κ3) is 2.50. The summed E-state index contributed by atoms with van der Waals surface area (Å²) < 4.78 is 0. The number of thiol groups is 1. The second-order valence-electron chi connectivity index (χ2n) is 3.59. The molecule has 72 valence electrons. The van der Waals surface area contributed by atoms with Gasteiger partial charge in [-0.1, -0.05) is 37.8 Å². The molecule has 0 aromatic rings. The molecule has 0 aromatic heterocycles. The van der Waals surface area contributed by atoms with E-state index in [2.05, 4.69) is 31.9 Å². The number of hydrogen-bond donors (Lipinski definition) is 1. The fraction of sp³-hybridized carbons (Fsp3) is 0.500. The van der Waals surface area contributed by atoms with E-state index in [1.807, 2.05) is 12.2 Å². The van der Waals surface area contributed by atoms with Crippen LogP contribution in [0, 0.1) is 11.8 Å². The van der Waals surface area contributed by atoms with E-state index < -0.39 is 0 Å². The largest absolute Gasteiger partial charge is 0.179 e. The first-order chi connectivity index (χ1) is 6.33. The zero-order chi connectivity index (χ0) is 9.68. The second kappa shape index (κ2) is 5.33. The van der Waals surface area contributed by atoms with Crippen LogP contribution in [0.2, 0.25) is 0 Å². The second-order valence-corrected chi connectivity index (χ2v) is 3.95. The Balaban J connectivity index is 2.66. The van der Waals surface area contributed by atoms with Crippen LogP contribution in [0.25, 0.3) is 0 Å². The van der Waals surface area contributed by atoms with Crippen LogP contribution in [0.15, 0.2) is 37.0 Å². The molecule has 1 fully saturated rings. The number of rotatable bonds is 5. The molecule has 0 nitrogen and oxygen atoms in total. The summed E-state index contributed by atoms with van der Waals surface area (Å²) in [5.74, 6) is 2.35. The molecule has 0 aliphatic heterocycles. The van der Waals surface area contributed by atoms with Crippen LogP contribution in [-0.2, 0) is 0 Å². The summed E-state index contributed by atoms with van der Waals surface area (Å²) in [5.41, 5.74) is 1.30. The van der Waals surface area contributed by atoms with E-state index in [1.54, 1.807) is 0 Å². The number of allylic oxidation sites excluding steroid dienone is 4. The molecule has 0 spiro atoms. The standard InChI is InChI=1S/C12H18S/c1-3-6-10(4-2)12(9-13)11-7-5-8-11/h3-4,6,11-13H,1-2,5,7-9H2/b10-6+. The zero-order valence-corrected chi connectivity index (χ0v) is 8.97. The van der Waals surface area contributed by atoms with Crippen molar-refractivity contribution >= 4 is 12.6 Å². The Morgan fingerprint density at radius 1 is 1.46 bits per heavy atom. The molecule has 1 aliphatic rings. The molecule has 0 radical (unpaired) electrons. The smallest absolute Gasteiger partial charge is 0.00262 e. The van der Waals surface area contributed by atoms with E-state index in [1.165, 1.54) is 24.8 Å². The summed E-state index contributed by atoms with van der Waals surface area (Å²) in [4.78, 5) is 0. The van der Waals surface area contributed by atoms with Crippen LogP contribution in [0.5, 0.6) is 0 Å². The molecule has 1 saturated carbocycles. The normalized spacial score (nSPS) is 20.5. The lowest BCUT2D eigenvalue weighted by molar-refractivity contribution is 0.252. The van der Waals surface area contributed by atoms with Crippen molar-refractivity contribution in [2.45, 2.75) is 19.3 Å². The maximum absolute atomic E-state index is 4.41.